The average Bonchev–Trinajstić information content (AvgIpc) is 2.37. The van der Waals surface area contributed by atoms with E-state index in [9.17, 15) is 4.39 Å². The number of hydrogen-bond acceptors (Lipinski definition) is 2. The van der Waals surface area contributed by atoms with Gasteiger partial charge in [0.25, 0.3) is 0 Å². The number of hydrogen-bond donors (Lipinski definition) is 1. The summed E-state index contributed by atoms with van der Waals surface area (Å²) in [6, 6.07) is 9.92. The first-order valence-corrected chi connectivity index (χ1v) is 6.88. The summed E-state index contributed by atoms with van der Waals surface area (Å²) in [5.74, 6) is 0.521. The van der Waals surface area contributed by atoms with Gasteiger partial charge in [0, 0.05) is 10.5 Å². The van der Waals surface area contributed by atoms with Crippen LogP contribution >= 0.6 is 27.5 Å². The maximum Gasteiger partial charge on any atom is 0.145 e. The number of halogens is 3. The van der Waals surface area contributed by atoms with E-state index in [0.29, 0.717) is 18.0 Å². The van der Waals surface area contributed by atoms with E-state index >= 15 is 0 Å². The quantitative estimate of drug-likeness (QED) is 0.884. The van der Waals surface area contributed by atoms with Crippen molar-refractivity contribution in [3.63, 3.8) is 0 Å². The van der Waals surface area contributed by atoms with E-state index < -0.39 is 5.82 Å². The Kier molecular flexibility index (Phi) is 4.80. The molecular weight excluding hydrogens is 333 g/mol. The molecule has 0 bridgehead atoms. The second-order valence-corrected chi connectivity index (χ2v) is 5.23. The molecule has 19 heavy (non-hydrogen) atoms. The van der Waals surface area contributed by atoms with Crippen molar-refractivity contribution >= 4 is 27.5 Å². The van der Waals surface area contributed by atoms with E-state index in [4.69, 9.17) is 22.1 Å². The predicted molar refractivity (Wildman–Crippen MR) is 78.4 cm³/mol. The topological polar surface area (TPSA) is 35.2 Å². The number of rotatable bonds is 4. The Balaban J connectivity index is 2.19. The van der Waals surface area contributed by atoms with E-state index in [0.717, 1.165) is 16.5 Å². The number of ether oxygens (including phenoxy) is 1. The summed E-state index contributed by atoms with van der Waals surface area (Å²) >= 11 is 9.07. The molecule has 0 radical (unpaired) electrons. The van der Waals surface area contributed by atoms with Crippen molar-refractivity contribution in [2.45, 2.75) is 6.42 Å². The lowest BCUT2D eigenvalue weighted by Crippen LogP contribution is -2.03. The molecule has 0 saturated carbocycles. The van der Waals surface area contributed by atoms with Crippen molar-refractivity contribution in [3.05, 3.63) is 57.3 Å². The Morgan fingerprint density at radius 1 is 1.16 bits per heavy atom. The van der Waals surface area contributed by atoms with Gasteiger partial charge in [-0.1, -0.05) is 33.6 Å². The summed E-state index contributed by atoms with van der Waals surface area (Å²) in [5, 5.41) is 0.0758. The Morgan fingerprint density at radius 3 is 2.47 bits per heavy atom. The standard InChI is InChI=1S/C14H12BrClFNO/c15-12-7-10(2-1-9(12)5-6-18)19-11-3-4-13(16)14(17)8-11/h1-4,7-8H,5-6,18H2. The van der Waals surface area contributed by atoms with Crippen LogP contribution in [0.5, 0.6) is 11.5 Å². The summed E-state index contributed by atoms with van der Waals surface area (Å²) in [5.41, 5.74) is 6.62. The molecule has 0 aliphatic rings. The zero-order chi connectivity index (χ0) is 13.8. The number of benzene rings is 2. The van der Waals surface area contributed by atoms with Gasteiger partial charge in [-0.3, -0.25) is 0 Å². The molecule has 0 unspecified atom stereocenters. The molecule has 2 N–H and O–H groups in total. The Labute approximate surface area is 124 Å². The van der Waals surface area contributed by atoms with Gasteiger partial charge in [0.1, 0.15) is 17.3 Å². The van der Waals surface area contributed by atoms with Gasteiger partial charge in [-0.25, -0.2) is 4.39 Å². The first kappa shape index (κ1) is 14.3. The monoisotopic (exact) mass is 343 g/mol. The normalized spacial score (nSPS) is 10.5. The minimum Gasteiger partial charge on any atom is -0.457 e. The molecule has 100 valence electrons. The fourth-order valence-corrected chi connectivity index (χ4v) is 2.30. The van der Waals surface area contributed by atoms with Gasteiger partial charge in [0.05, 0.1) is 5.02 Å². The third-order valence-corrected chi connectivity index (χ3v) is 3.61. The average molecular weight is 345 g/mol. The summed E-state index contributed by atoms with van der Waals surface area (Å²) in [6.45, 7) is 0.585. The molecule has 0 aromatic heterocycles. The Morgan fingerprint density at radius 2 is 1.84 bits per heavy atom. The van der Waals surface area contributed by atoms with Crippen molar-refractivity contribution in [2.24, 2.45) is 5.73 Å². The predicted octanol–water partition coefficient (Wildman–Crippen LogP) is 4.54. The van der Waals surface area contributed by atoms with Gasteiger partial charge in [0.2, 0.25) is 0 Å². The van der Waals surface area contributed by atoms with Gasteiger partial charge in [-0.2, -0.15) is 0 Å². The summed E-state index contributed by atoms with van der Waals surface area (Å²) in [4.78, 5) is 0. The van der Waals surface area contributed by atoms with Gasteiger partial charge in [0.15, 0.2) is 0 Å². The summed E-state index contributed by atoms with van der Waals surface area (Å²) in [6.07, 6.45) is 0.788. The van der Waals surface area contributed by atoms with Crippen molar-refractivity contribution in [1.29, 1.82) is 0 Å². The first-order valence-electron chi connectivity index (χ1n) is 5.71. The minimum absolute atomic E-state index is 0.0758. The fourth-order valence-electron chi connectivity index (χ4n) is 1.63. The zero-order valence-electron chi connectivity index (χ0n) is 10.00. The third kappa shape index (κ3) is 3.69. The third-order valence-electron chi connectivity index (χ3n) is 2.56. The molecule has 0 spiro atoms. The SMILES string of the molecule is NCCc1ccc(Oc2ccc(Cl)c(F)c2)cc1Br. The molecule has 2 nitrogen and oxygen atoms in total. The van der Waals surface area contributed by atoms with E-state index in [-0.39, 0.29) is 5.02 Å². The second kappa shape index (κ2) is 6.37. The van der Waals surface area contributed by atoms with Gasteiger partial charge in [-0.15, -0.1) is 0 Å². The van der Waals surface area contributed by atoms with Crippen LogP contribution < -0.4 is 10.5 Å². The zero-order valence-corrected chi connectivity index (χ0v) is 12.3. The molecule has 0 atom stereocenters. The molecule has 0 saturated heterocycles. The van der Waals surface area contributed by atoms with Crippen molar-refractivity contribution < 1.29 is 9.13 Å². The van der Waals surface area contributed by atoms with Crippen LogP contribution in [0.1, 0.15) is 5.56 Å². The van der Waals surface area contributed by atoms with Crippen LogP contribution in [0.2, 0.25) is 5.02 Å². The van der Waals surface area contributed by atoms with Crippen LogP contribution in [0.15, 0.2) is 40.9 Å². The Hall–Kier alpha value is -1.10. The smallest absolute Gasteiger partial charge is 0.145 e. The van der Waals surface area contributed by atoms with E-state index in [1.54, 1.807) is 6.07 Å². The van der Waals surface area contributed by atoms with Crippen LogP contribution in [0.25, 0.3) is 0 Å². The molecule has 0 amide bonds. The van der Waals surface area contributed by atoms with Crippen molar-refractivity contribution in [1.82, 2.24) is 0 Å². The maximum absolute atomic E-state index is 13.3. The van der Waals surface area contributed by atoms with Crippen LogP contribution in [0.4, 0.5) is 4.39 Å². The van der Waals surface area contributed by atoms with Crippen molar-refractivity contribution in [3.8, 4) is 11.5 Å². The van der Waals surface area contributed by atoms with Crippen LogP contribution in [-0.4, -0.2) is 6.54 Å². The highest BCUT2D eigenvalue weighted by Gasteiger charge is 2.05. The van der Waals surface area contributed by atoms with Gasteiger partial charge < -0.3 is 10.5 Å². The molecule has 2 aromatic rings. The van der Waals surface area contributed by atoms with Crippen LogP contribution in [-0.2, 0) is 6.42 Å². The lowest BCUT2D eigenvalue weighted by atomic mass is 10.1. The highest BCUT2D eigenvalue weighted by Crippen LogP contribution is 2.29. The highest BCUT2D eigenvalue weighted by molar-refractivity contribution is 9.10. The van der Waals surface area contributed by atoms with E-state index in [2.05, 4.69) is 15.9 Å². The van der Waals surface area contributed by atoms with Crippen LogP contribution in [0, 0.1) is 5.82 Å². The molecular formula is C14H12BrClFNO. The molecule has 0 fully saturated rings. The maximum atomic E-state index is 13.3. The molecule has 0 aliphatic carbocycles. The van der Waals surface area contributed by atoms with Crippen molar-refractivity contribution in [2.75, 3.05) is 6.54 Å². The molecule has 0 heterocycles. The lowest BCUT2D eigenvalue weighted by molar-refractivity contribution is 0.476. The molecule has 5 heteroatoms. The second-order valence-electron chi connectivity index (χ2n) is 3.97. The van der Waals surface area contributed by atoms with Gasteiger partial charge in [-0.05, 0) is 42.8 Å². The largest absolute Gasteiger partial charge is 0.457 e. The minimum atomic E-state index is -0.502. The number of nitrogens with two attached hydrogens (primary N) is 1. The summed E-state index contributed by atoms with van der Waals surface area (Å²) < 4.78 is 19.8. The molecule has 2 rings (SSSR count). The molecule has 0 aliphatic heterocycles. The summed E-state index contributed by atoms with van der Waals surface area (Å²) in [7, 11) is 0. The first-order chi connectivity index (χ1) is 9.10. The lowest BCUT2D eigenvalue weighted by Gasteiger charge is -2.09. The fraction of sp³-hybridized carbons (Fsp3) is 0.143. The van der Waals surface area contributed by atoms with Gasteiger partial charge >= 0.3 is 0 Å². The van der Waals surface area contributed by atoms with E-state index in [1.807, 2.05) is 18.2 Å². The Bertz CT molecular complexity index is 592. The van der Waals surface area contributed by atoms with Crippen LogP contribution in [0.3, 0.4) is 0 Å². The molecule has 2 aromatic carbocycles. The van der Waals surface area contributed by atoms with E-state index in [1.165, 1.54) is 12.1 Å². The highest BCUT2D eigenvalue weighted by atomic mass is 79.9.